The Labute approximate surface area is 224 Å². The summed E-state index contributed by atoms with van der Waals surface area (Å²) in [7, 11) is 1.32. The lowest BCUT2D eigenvalue weighted by Gasteiger charge is -2.59. The lowest BCUT2D eigenvalue weighted by Crippen LogP contribution is -2.64. The topological polar surface area (TPSA) is 121 Å². The van der Waals surface area contributed by atoms with Crippen molar-refractivity contribution in [2.24, 2.45) is 39.4 Å². The fraction of sp³-hybridized carbons (Fsp3) is 0.733. The maximum Gasteiger partial charge on any atom is 0.305 e. The van der Waals surface area contributed by atoms with Crippen LogP contribution in [0.15, 0.2) is 11.1 Å². The molecule has 0 N–H and O–H groups in total. The Kier molecular flexibility index (Phi) is 6.68. The molecule has 38 heavy (non-hydrogen) atoms. The van der Waals surface area contributed by atoms with E-state index in [1.54, 1.807) is 13.8 Å². The standard InChI is InChI=1S/C30H40O8/c1-15(9-10-22(35)37-8)17-13-21(34)30(7)23-18(32)14-19-27(3,4)20(33)11-12-28(19,5)24(23)25(36)26(29(17,30)6)38-16(2)31/h15,17,19,26H,9-14H2,1-8H3/t15?,17-,19+,26-,28+,29+,30+/m1/s1. The highest BCUT2D eigenvalue weighted by Crippen LogP contribution is 2.70. The summed E-state index contributed by atoms with van der Waals surface area (Å²) in [6.07, 6.45) is 0.167. The first-order valence-corrected chi connectivity index (χ1v) is 13.6. The Bertz CT molecular complexity index is 1180. The summed E-state index contributed by atoms with van der Waals surface area (Å²) < 4.78 is 10.6. The second-order valence-electron chi connectivity index (χ2n) is 13.1. The number of Topliss-reactive ketones (excluding diaryl/α,β-unsaturated/α-hetero) is 4. The van der Waals surface area contributed by atoms with E-state index in [0.29, 0.717) is 12.8 Å². The smallest absolute Gasteiger partial charge is 0.305 e. The third kappa shape index (κ3) is 3.54. The monoisotopic (exact) mass is 528 g/mol. The number of carbonyl (C=O) groups is 6. The Balaban J connectivity index is 1.95. The van der Waals surface area contributed by atoms with Gasteiger partial charge in [-0.05, 0) is 37.5 Å². The predicted molar refractivity (Wildman–Crippen MR) is 137 cm³/mol. The molecule has 0 aliphatic heterocycles. The SMILES string of the molecule is COC(=O)CCC(C)[C@H]1CC(=O)[C@@]2(C)C3=C(C(=O)[C@@H](OC(C)=O)[C@]12C)[C@@]1(C)CCC(=O)C(C)(C)[C@@H]1CC3=O. The number of esters is 2. The van der Waals surface area contributed by atoms with Gasteiger partial charge >= 0.3 is 11.9 Å². The number of fused-ring (bicyclic) bond motifs is 4. The average Bonchev–Trinajstić information content (AvgIpc) is 3.05. The summed E-state index contributed by atoms with van der Waals surface area (Å²) >= 11 is 0. The van der Waals surface area contributed by atoms with Gasteiger partial charge in [-0.1, -0.05) is 34.6 Å². The van der Waals surface area contributed by atoms with Crippen LogP contribution in [0, 0.1) is 39.4 Å². The molecule has 0 radical (unpaired) electrons. The third-order valence-corrected chi connectivity index (χ3v) is 11.1. The van der Waals surface area contributed by atoms with Crippen LogP contribution in [0.25, 0.3) is 0 Å². The normalized spacial score (nSPS) is 38.8. The highest BCUT2D eigenvalue weighted by molar-refractivity contribution is 6.18. The molecule has 0 aromatic heterocycles. The fourth-order valence-corrected chi connectivity index (χ4v) is 8.62. The Morgan fingerprint density at radius 2 is 1.61 bits per heavy atom. The molecular formula is C30H40O8. The minimum absolute atomic E-state index is 0.0594. The molecular weight excluding hydrogens is 488 g/mol. The Morgan fingerprint density at radius 1 is 0.974 bits per heavy atom. The van der Waals surface area contributed by atoms with Crippen LogP contribution < -0.4 is 0 Å². The number of rotatable bonds is 5. The van der Waals surface area contributed by atoms with Crippen LogP contribution in [0.2, 0.25) is 0 Å². The van der Waals surface area contributed by atoms with E-state index in [4.69, 9.17) is 9.47 Å². The Morgan fingerprint density at radius 3 is 2.18 bits per heavy atom. The largest absolute Gasteiger partial charge is 0.469 e. The highest BCUT2D eigenvalue weighted by Gasteiger charge is 2.74. The molecule has 0 spiro atoms. The van der Waals surface area contributed by atoms with Crippen molar-refractivity contribution in [1.29, 1.82) is 0 Å². The summed E-state index contributed by atoms with van der Waals surface area (Å²) in [5.41, 5.74) is -3.62. The van der Waals surface area contributed by atoms with Gasteiger partial charge in [0.15, 0.2) is 11.9 Å². The van der Waals surface area contributed by atoms with Crippen LogP contribution in [0.3, 0.4) is 0 Å². The van der Waals surface area contributed by atoms with Crippen LogP contribution in [-0.4, -0.2) is 48.3 Å². The molecule has 2 saturated carbocycles. The molecule has 1 unspecified atom stereocenters. The molecule has 0 aromatic carbocycles. The van der Waals surface area contributed by atoms with Gasteiger partial charge in [0.05, 0.1) is 12.5 Å². The van der Waals surface area contributed by atoms with Crippen molar-refractivity contribution in [3.05, 3.63) is 11.1 Å². The number of hydrogen-bond donors (Lipinski definition) is 0. The van der Waals surface area contributed by atoms with Gasteiger partial charge in [-0.3, -0.25) is 28.8 Å². The van der Waals surface area contributed by atoms with Gasteiger partial charge < -0.3 is 9.47 Å². The fourth-order valence-electron chi connectivity index (χ4n) is 8.62. The quantitative estimate of drug-likeness (QED) is 0.492. The van der Waals surface area contributed by atoms with E-state index >= 15 is 0 Å². The van der Waals surface area contributed by atoms with Gasteiger partial charge in [0.25, 0.3) is 0 Å². The van der Waals surface area contributed by atoms with Gasteiger partial charge in [-0.15, -0.1) is 0 Å². The van der Waals surface area contributed by atoms with E-state index in [0.717, 1.165) is 0 Å². The number of carbonyl (C=O) groups excluding carboxylic acids is 6. The molecule has 208 valence electrons. The van der Waals surface area contributed by atoms with E-state index in [9.17, 15) is 28.8 Å². The van der Waals surface area contributed by atoms with Crippen molar-refractivity contribution >= 4 is 35.1 Å². The zero-order chi connectivity index (χ0) is 28.6. The van der Waals surface area contributed by atoms with Gasteiger partial charge in [0.2, 0.25) is 5.78 Å². The molecule has 2 fully saturated rings. The van der Waals surface area contributed by atoms with Gasteiger partial charge in [0, 0.05) is 60.0 Å². The summed E-state index contributed by atoms with van der Waals surface area (Å²) in [4.78, 5) is 79.7. The summed E-state index contributed by atoms with van der Waals surface area (Å²) in [6, 6.07) is 0. The number of methoxy groups -OCH3 is 1. The second-order valence-corrected chi connectivity index (χ2v) is 13.1. The number of ether oxygens (including phenoxy) is 2. The van der Waals surface area contributed by atoms with Crippen molar-refractivity contribution in [2.75, 3.05) is 7.11 Å². The van der Waals surface area contributed by atoms with Crippen molar-refractivity contribution in [1.82, 2.24) is 0 Å². The highest BCUT2D eigenvalue weighted by atomic mass is 16.5. The van der Waals surface area contributed by atoms with Gasteiger partial charge in [0.1, 0.15) is 11.6 Å². The van der Waals surface area contributed by atoms with Crippen molar-refractivity contribution in [3.63, 3.8) is 0 Å². The molecule has 0 bridgehead atoms. The minimum Gasteiger partial charge on any atom is -0.469 e. The second kappa shape index (κ2) is 8.95. The van der Waals surface area contributed by atoms with E-state index in [2.05, 4.69) is 0 Å². The molecule has 0 amide bonds. The molecule has 4 aliphatic rings. The van der Waals surface area contributed by atoms with Crippen LogP contribution in [0.4, 0.5) is 0 Å². The first kappa shape index (κ1) is 28.4. The maximum absolute atomic E-state index is 14.5. The summed E-state index contributed by atoms with van der Waals surface area (Å²) in [5.74, 6) is -2.81. The first-order valence-electron chi connectivity index (χ1n) is 13.6. The van der Waals surface area contributed by atoms with E-state index < -0.39 is 51.4 Å². The number of hydrogen-bond acceptors (Lipinski definition) is 8. The average molecular weight is 529 g/mol. The first-order chi connectivity index (χ1) is 17.5. The lowest BCUT2D eigenvalue weighted by molar-refractivity contribution is -0.175. The zero-order valence-corrected chi connectivity index (χ0v) is 23.8. The molecule has 8 heteroatoms. The van der Waals surface area contributed by atoms with Crippen LogP contribution in [0.5, 0.6) is 0 Å². The minimum atomic E-state index is -1.35. The van der Waals surface area contributed by atoms with Crippen molar-refractivity contribution < 1.29 is 38.2 Å². The van der Waals surface area contributed by atoms with Crippen LogP contribution in [0.1, 0.15) is 87.0 Å². The maximum atomic E-state index is 14.5. The number of ketones is 4. The predicted octanol–water partition coefficient (Wildman–Crippen LogP) is 3.97. The molecule has 0 heterocycles. The van der Waals surface area contributed by atoms with Gasteiger partial charge in [-0.2, -0.15) is 0 Å². The van der Waals surface area contributed by atoms with Gasteiger partial charge in [-0.25, -0.2) is 0 Å². The molecule has 4 rings (SSSR count). The molecule has 8 nitrogen and oxygen atoms in total. The zero-order valence-electron chi connectivity index (χ0n) is 23.8. The summed E-state index contributed by atoms with van der Waals surface area (Å²) in [5, 5.41) is 0. The van der Waals surface area contributed by atoms with E-state index in [1.165, 1.54) is 14.0 Å². The Hall–Kier alpha value is -2.64. The van der Waals surface area contributed by atoms with E-state index in [1.807, 2.05) is 27.7 Å². The summed E-state index contributed by atoms with van der Waals surface area (Å²) in [6.45, 7) is 12.3. The van der Waals surface area contributed by atoms with Crippen LogP contribution >= 0.6 is 0 Å². The van der Waals surface area contributed by atoms with Crippen LogP contribution in [-0.2, 0) is 38.2 Å². The van der Waals surface area contributed by atoms with E-state index in [-0.39, 0.29) is 66.1 Å². The van der Waals surface area contributed by atoms with Crippen molar-refractivity contribution in [2.45, 2.75) is 93.1 Å². The molecule has 0 aromatic rings. The molecule has 0 saturated heterocycles. The number of allylic oxidation sites excluding steroid dienone is 1. The lowest BCUT2D eigenvalue weighted by atomic mass is 9.42. The molecule has 7 atom stereocenters. The third-order valence-electron chi connectivity index (χ3n) is 11.1. The van der Waals surface area contributed by atoms with Crippen molar-refractivity contribution in [3.8, 4) is 0 Å². The molecule has 4 aliphatic carbocycles.